The van der Waals surface area contributed by atoms with E-state index in [-0.39, 0.29) is 5.63 Å². The third kappa shape index (κ3) is 2.98. The van der Waals surface area contributed by atoms with Gasteiger partial charge >= 0.3 is 5.63 Å². The molecule has 1 aromatic heterocycles. The van der Waals surface area contributed by atoms with E-state index < -0.39 is 0 Å². The summed E-state index contributed by atoms with van der Waals surface area (Å²) in [5, 5.41) is 0.890. The normalized spacial score (nSPS) is 10.8. The zero-order valence-corrected chi connectivity index (χ0v) is 11.2. The largest absolute Gasteiger partial charge is 0.423 e. The number of nitrogens with zero attached hydrogens (tertiary/aromatic N) is 1. The second-order valence-electron chi connectivity index (χ2n) is 3.84. The maximum Gasteiger partial charge on any atom is 0.336 e. The van der Waals surface area contributed by atoms with Gasteiger partial charge < -0.3 is 9.32 Å². The van der Waals surface area contributed by atoms with Crippen LogP contribution in [0.15, 0.2) is 39.5 Å². The molecule has 0 aliphatic heterocycles. The molecule has 0 aliphatic rings. The lowest BCUT2D eigenvalue weighted by molar-refractivity contribution is 0.561. The van der Waals surface area contributed by atoms with Crippen LogP contribution in [0.2, 0.25) is 0 Å². The molecule has 3 nitrogen and oxygen atoms in total. The first-order valence-electron chi connectivity index (χ1n) is 5.65. The average Bonchev–Trinajstić information content (AvgIpc) is 2.38. The minimum atomic E-state index is -0.339. The van der Waals surface area contributed by atoms with E-state index in [4.69, 9.17) is 27.6 Å². The van der Waals surface area contributed by atoms with E-state index in [0.29, 0.717) is 17.3 Å². The molecule has 2 aromatic rings. The molecule has 0 saturated heterocycles. The third-order valence-electron chi connectivity index (χ3n) is 2.68. The van der Waals surface area contributed by atoms with E-state index in [0.717, 1.165) is 24.2 Å². The van der Waals surface area contributed by atoms with E-state index in [9.17, 15) is 4.79 Å². The lowest BCUT2D eigenvalue weighted by atomic mass is 10.2. The zero-order chi connectivity index (χ0) is 13.0. The van der Waals surface area contributed by atoms with Gasteiger partial charge in [-0.05, 0) is 24.3 Å². The van der Waals surface area contributed by atoms with Crippen molar-refractivity contribution in [3.8, 4) is 0 Å². The molecule has 1 heterocycles. The van der Waals surface area contributed by atoms with Gasteiger partial charge in [0, 0.05) is 42.0 Å². The van der Waals surface area contributed by atoms with Gasteiger partial charge in [0.15, 0.2) is 0 Å². The number of alkyl halides is 2. The van der Waals surface area contributed by atoms with Crippen LogP contribution in [-0.4, -0.2) is 24.8 Å². The van der Waals surface area contributed by atoms with Crippen LogP contribution < -0.4 is 10.5 Å². The molecular formula is C13H13Cl2NO2. The fourth-order valence-corrected chi connectivity index (χ4v) is 2.24. The van der Waals surface area contributed by atoms with Crippen molar-refractivity contribution >= 4 is 39.9 Å². The van der Waals surface area contributed by atoms with Gasteiger partial charge in [-0.1, -0.05) is 0 Å². The Morgan fingerprint density at radius 1 is 1.06 bits per heavy atom. The van der Waals surface area contributed by atoms with Crippen molar-refractivity contribution < 1.29 is 4.42 Å². The number of fused-ring (bicyclic) bond motifs is 1. The molecule has 0 amide bonds. The Morgan fingerprint density at radius 2 is 1.78 bits per heavy atom. The first-order valence-corrected chi connectivity index (χ1v) is 6.72. The Bertz CT molecular complexity index is 576. The minimum Gasteiger partial charge on any atom is -0.423 e. The minimum absolute atomic E-state index is 0.339. The zero-order valence-electron chi connectivity index (χ0n) is 9.73. The smallest absolute Gasteiger partial charge is 0.336 e. The fourth-order valence-electron chi connectivity index (χ4n) is 1.83. The number of benzene rings is 1. The van der Waals surface area contributed by atoms with Crippen molar-refractivity contribution in [3.63, 3.8) is 0 Å². The molecule has 0 saturated carbocycles. The lowest BCUT2D eigenvalue weighted by Gasteiger charge is -2.22. The molecule has 18 heavy (non-hydrogen) atoms. The van der Waals surface area contributed by atoms with Crippen molar-refractivity contribution in [1.29, 1.82) is 0 Å². The van der Waals surface area contributed by atoms with E-state index in [1.54, 1.807) is 12.1 Å². The number of hydrogen-bond donors (Lipinski definition) is 0. The molecule has 5 heteroatoms. The molecule has 0 bridgehead atoms. The average molecular weight is 286 g/mol. The molecule has 96 valence electrons. The Labute approximate surface area is 115 Å². The lowest BCUT2D eigenvalue weighted by Crippen LogP contribution is -2.27. The fraction of sp³-hybridized carbons (Fsp3) is 0.308. The second-order valence-corrected chi connectivity index (χ2v) is 4.60. The van der Waals surface area contributed by atoms with Crippen LogP contribution in [0.3, 0.4) is 0 Å². The molecular weight excluding hydrogens is 273 g/mol. The van der Waals surface area contributed by atoms with Gasteiger partial charge in [0.2, 0.25) is 0 Å². The van der Waals surface area contributed by atoms with Gasteiger partial charge in [-0.25, -0.2) is 4.79 Å². The summed E-state index contributed by atoms with van der Waals surface area (Å²) in [7, 11) is 0. The second kappa shape index (κ2) is 6.12. The maximum atomic E-state index is 11.1. The van der Waals surface area contributed by atoms with Crippen LogP contribution in [-0.2, 0) is 0 Å². The van der Waals surface area contributed by atoms with Crippen LogP contribution in [0.4, 0.5) is 5.69 Å². The molecule has 1 aromatic carbocycles. The summed E-state index contributed by atoms with van der Waals surface area (Å²) in [6.07, 6.45) is 0. The van der Waals surface area contributed by atoms with Crippen LogP contribution in [0.1, 0.15) is 0 Å². The highest BCUT2D eigenvalue weighted by molar-refractivity contribution is 6.18. The Hall–Kier alpha value is -1.19. The van der Waals surface area contributed by atoms with E-state index >= 15 is 0 Å². The maximum absolute atomic E-state index is 11.1. The van der Waals surface area contributed by atoms with Gasteiger partial charge in [0.05, 0.1) is 0 Å². The molecule has 0 fully saturated rings. The first-order chi connectivity index (χ1) is 8.74. The molecule has 0 atom stereocenters. The quantitative estimate of drug-likeness (QED) is 0.625. The number of anilines is 1. The summed E-state index contributed by atoms with van der Waals surface area (Å²) in [5.74, 6) is 1.08. The standard InChI is InChI=1S/C13H13Cl2NO2/c14-5-7-16(8-6-15)11-2-3-12-10(9-11)1-4-13(17)18-12/h1-4,9H,5-8H2. The van der Waals surface area contributed by atoms with Crippen molar-refractivity contribution in [3.05, 3.63) is 40.8 Å². The summed E-state index contributed by atoms with van der Waals surface area (Å²) < 4.78 is 5.09. The first kappa shape index (κ1) is 13.2. The van der Waals surface area contributed by atoms with Gasteiger partial charge in [-0.3, -0.25) is 0 Å². The van der Waals surface area contributed by atoms with Crippen molar-refractivity contribution in [2.24, 2.45) is 0 Å². The van der Waals surface area contributed by atoms with Crippen LogP contribution in [0.5, 0.6) is 0 Å². The highest BCUT2D eigenvalue weighted by Gasteiger charge is 2.07. The Balaban J connectivity index is 2.38. The number of halogens is 2. The van der Waals surface area contributed by atoms with Gasteiger partial charge in [0.25, 0.3) is 0 Å². The Morgan fingerprint density at radius 3 is 2.44 bits per heavy atom. The van der Waals surface area contributed by atoms with E-state index in [1.807, 2.05) is 12.1 Å². The van der Waals surface area contributed by atoms with Crippen molar-refractivity contribution in [1.82, 2.24) is 0 Å². The third-order valence-corrected chi connectivity index (χ3v) is 3.01. The Kier molecular flexibility index (Phi) is 4.50. The van der Waals surface area contributed by atoms with Crippen molar-refractivity contribution in [2.75, 3.05) is 29.7 Å². The van der Waals surface area contributed by atoms with Crippen LogP contribution in [0.25, 0.3) is 11.0 Å². The molecule has 0 radical (unpaired) electrons. The van der Waals surface area contributed by atoms with Gasteiger partial charge in [-0.15, -0.1) is 23.2 Å². The van der Waals surface area contributed by atoms with Gasteiger partial charge in [-0.2, -0.15) is 0 Å². The van der Waals surface area contributed by atoms with Crippen molar-refractivity contribution in [2.45, 2.75) is 0 Å². The number of hydrogen-bond acceptors (Lipinski definition) is 3. The molecule has 0 aliphatic carbocycles. The van der Waals surface area contributed by atoms with Gasteiger partial charge in [0.1, 0.15) is 5.58 Å². The van der Waals surface area contributed by atoms with E-state index in [1.165, 1.54) is 6.07 Å². The predicted octanol–water partition coefficient (Wildman–Crippen LogP) is 3.08. The highest BCUT2D eigenvalue weighted by atomic mass is 35.5. The van der Waals surface area contributed by atoms with E-state index in [2.05, 4.69) is 4.90 Å². The SMILES string of the molecule is O=c1ccc2cc(N(CCCl)CCCl)ccc2o1. The van der Waals surface area contributed by atoms with Crippen LogP contribution >= 0.6 is 23.2 Å². The molecule has 0 N–H and O–H groups in total. The summed E-state index contributed by atoms with van der Waals surface area (Å²) in [6.45, 7) is 1.47. The van der Waals surface area contributed by atoms with Crippen LogP contribution in [0, 0.1) is 0 Å². The predicted molar refractivity (Wildman–Crippen MR) is 76.1 cm³/mol. The summed E-state index contributed by atoms with van der Waals surface area (Å²) >= 11 is 11.6. The summed E-state index contributed by atoms with van der Waals surface area (Å²) in [4.78, 5) is 13.2. The summed E-state index contributed by atoms with van der Waals surface area (Å²) in [6, 6.07) is 8.84. The monoisotopic (exact) mass is 285 g/mol. The molecule has 2 rings (SSSR count). The summed E-state index contributed by atoms with van der Waals surface area (Å²) in [5.41, 5.74) is 1.27. The highest BCUT2D eigenvalue weighted by Crippen LogP contribution is 2.21. The topological polar surface area (TPSA) is 33.5 Å². The molecule has 0 spiro atoms. The number of rotatable bonds is 5. The molecule has 0 unspecified atom stereocenters.